The first-order chi connectivity index (χ1) is 8.56. The van der Waals surface area contributed by atoms with Gasteiger partial charge >= 0.3 is 6.03 Å². The summed E-state index contributed by atoms with van der Waals surface area (Å²) in [5.41, 5.74) is 1.74. The summed E-state index contributed by atoms with van der Waals surface area (Å²) >= 11 is 6.03. The molecular formula is C13H18ClN3O. The molecule has 1 heterocycles. The number of nitrogens with zero attached hydrogens (tertiary/aromatic N) is 1. The van der Waals surface area contributed by atoms with Crippen molar-refractivity contribution in [1.82, 2.24) is 10.2 Å². The first-order valence-electron chi connectivity index (χ1n) is 6.12. The number of carbonyl (C=O) groups is 1. The van der Waals surface area contributed by atoms with Gasteiger partial charge in [0.25, 0.3) is 0 Å². The zero-order chi connectivity index (χ0) is 13.1. The van der Waals surface area contributed by atoms with Gasteiger partial charge in [0.15, 0.2) is 0 Å². The topological polar surface area (TPSA) is 44.4 Å². The van der Waals surface area contributed by atoms with Crippen LogP contribution >= 0.6 is 11.6 Å². The molecule has 0 saturated carbocycles. The monoisotopic (exact) mass is 267 g/mol. The van der Waals surface area contributed by atoms with Crippen LogP contribution in [0, 0.1) is 6.92 Å². The van der Waals surface area contributed by atoms with Gasteiger partial charge in [0.2, 0.25) is 0 Å². The molecule has 2 rings (SSSR count). The van der Waals surface area contributed by atoms with Gasteiger partial charge in [-0.15, -0.1) is 0 Å². The third-order valence-corrected chi connectivity index (χ3v) is 3.49. The molecule has 1 aromatic carbocycles. The standard InChI is InChI=1S/C13H18ClN3O/c1-9-3-4-11(7-12(9)14)16-13(18)17-6-5-15-10(2)8-17/h3-4,7,10,15H,5-6,8H2,1-2H3,(H,16,18)/t10-/m0/s1. The molecule has 0 aromatic heterocycles. The third-order valence-electron chi connectivity index (χ3n) is 3.08. The second kappa shape index (κ2) is 5.59. The SMILES string of the molecule is Cc1ccc(NC(=O)N2CCN[C@@H](C)C2)cc1Cl. The van der Waals surface area contributed by atoms with Gasteiger partial charge in [-0.3, -0.25) is 0 Å². The molecule has 4 nitrogen and oxygen atoms in total. The Morgan fingerprint density at radius 3 is 3.00 bits per heavy atom. The number of anilines is 1. The predicted octanol–water partition coefficient (Wildman–Crippen LogP) is 2.47. The largest absolute Gasteiger partial charge is 0.322 e. The van der Waals surface area contributed by atoms with Gasteiger partial charge in [-0.25, -0.2) is 4.79 Å². The number of halogens is 1. The Bertz CT molecular complexity index is 450. The Morgan fingerprint density at radius 2 is 2.33 bits per heavy atom. The van der Waals surface area contributed by atoms with E-state index in [4.69, 9.17) is 11.6 Å². The summed E-state index contributed by atoms with van der Waals surface area (Å²) in [5, 5.41) is 6.85. The van der Waals surface area contributed by atoms with Crippen LogP contribution in [0.25, 0.3) is 0 Å². The maximum atomic E-state index is 12.1. The molecule has 1 aliphatic rings. The number of hydrogen-bond donors (Lipinski definition) is 2. The second-order valence-electron chi connectivity index (χ2n) is 4.70. The van der Waals surface area contributed by atoms with E-state index >= 15 is 0 Å². The van der Waals surface area contributed by atoms with E-state index in [-0.39, 0.29) is 6.03 Å². The number of benzene rings is 1. The number of hydrogen-bond acceptors (Lipinski definition) is 2. The van der Waals surface area contributed by atoms with Gasteiger partial charge < -0.3 is 15.5 Å². The van der Waals surface area contributed by atoms with Crippen molar-refractivity contribution >= 4 is 23.3 Å². The molecular weight excluding hydrogens is 250 g/mol. The molecule has 0 unspecified atom stereocenters. The summed E-state index contributed by atoms with van der Waals surface area (Å²) in [6.07, 6.45) is 0. The highest BCUT2D eigenvalue weighted by Gasteiger charge is 2.20. The number of carbonyl (C=O) groups excluding carboxylic acids is 1. The second-order valence-corrected chi connectivity index (χ2v) is 5.10. The quantitative estimate of drug-likeness (QED) is 0.821. The highest BCUT2D eigenvalue weighted by molar-refractivity contribution is 6.31. The molecule has 1 aliphatic heterocycles. The average Bonchev–Trinajstić information content (AvgIpc) is 2.34. The van der Waals surface area contributed by atoms with Crippen molar-refractivity contribution in [3.8, 4) is 0 Å². The molecule has 1 saturated heterocycles. The molecule has 98 valence electrons. The summed E-state index contributed by atoms with van der Waals surface area (Å²) in [6.45, 7) is 6.30. The van der Waals surface area contributed by atoms with Crippen LogP contribution in [0.15, 0.2) is 18.2 Å². The lowest BCUT2D eigenvalue weighted by atomic mass is 10.2. The van der Waals surface area contributed by atoms with Crippen molar-refractivity contribution in [1.29, 1.82) is 0 Å². The van der Waals surface area contributed by atoms with E-state index < -0.39 is 0 Å². The molecule has 0 spiro atoms. The lowest BCUT2D eigenvalue weighted by Crippen LogP contribution is -2.52. The van der Waals surface area contributed by atoms with Crippen LogP contribution in [-0.4, -0.2) is 36.6 Å². The lowest BCUT2D eigenvalue weighted by Gasteiger charge is -2.31. The van der Waals surface area contributed by atoms with Crippen LogP contribution < -0.4 is 10.6 Å². The van der Waals surface area contributed by atoms with E-state index in [9.17, 15) is 4.79 Å². The number of rotatable bonds is 1. The van der Waals surface area contributed by atoms with Crippen LogP contribution in [0.1, 0.15) is 12.5 Å². The van der Waals surface area contributed by atoms with Gasteiger partial charge in [0.05, 0.1) is 0 Å². The number of piperazine rings is 1. The summed E-state index contributed by atoms with van der Waals surface area (Å²) in [6, 6.07) is 5.82. The predicted molar refractivity (Wildman–Crippen MR) is 74.2 cm³/mol. The van der Waals surface area contributed by atoms with E-state index in [1.807, 2.05) is 24.0 Å². The Hall–Kier alpha value is -1.26. The molecule has 0 aliphatic carbocycles. The molecule has 2 amide bonds. The van der Waals surface area contributed by atoms with E-state index in [1.165, 1.54) is 0 Å². The van der Waals surface area contributed by atoms with Crippen LogP contribution in [0.2, 0.25) is 5.02 Å². The fourth-order valence-corrected chi connectivity index (χ4v) is 2.17. The van der Waals surface area contributed by atoms with Crippen molar-refractivity contribution < 1.29 is 4.79 Å². The van der Waals surface area contributed by atoms with Gasteiger partial charge in [-0.05, 0) is 31.5 Å². The summed E-state index contributed by atoms with van der Waals surface area (Å²) in [7, 11) is 0. The van der Waals surface area contributed by atoms with Crippen molar-refractivity contribution in [3.63, 3.8) is 0 Å². The summed E-state index contributed by atoms with van der Waals surface area (Å²) in [4.78, 5) is 13.9. The highest BCUT2D eigenvalue weighted by Crippen LogP contribution is 2.20. The normalized spacial score (nSPS) is 19.7. The zero-order valence-electron chi connectivity index (χ0n) is 10.7. The Balaban J connectivity index is 2.00. The first kappa shape index (κ1) is 13.2. The minimum Gasteiger partial charge on any atom is -0.322 e. The average molecular weight is 268 g/mol. The van der Waals surface area contributed by atoms with Crippen molar-refractivity contribution in [3.05, 3.63) is 28.8 Å². The number of aryl methyl sites for hydroxylation is 1. The van der Waals surface area contributed by atoms with E-state index in [1.54, 1.807) is 6.07 Å². The van der Waals surface area contributed by atoms with Crippen LogP contribution in [0.4, 0.5) is 10.5 Å². The van der Waals surface area contributed by atoms with Crippen LogP contribution in [0.5, 0.6) is 0 Å². The summed E-state index contributed by atoms with van der Waals surface area (Å²) in [5.74, 6) is 0. The molecule has 18 heavy (non-hydrogen) atoms. The Kier molecular flexibility index (Phi) is 4.09. The van der Waals surface area contributed by atoms with Crippen LogP contribution in [0.3, 0.4) is 0 Å². The van der Waals surface area contributed by atoms with Gasteiger partial charge in [-0.1, -0.05) is 17.7 Å². The minimum absolute atomic E-state index is 0.0664. The van der Waals surface area contributed by atoms with E-state index in [2.05, 4.69) is 17.6 Å². The zero-order valence-corrected chi connectivity index (χ0v) is 11.4. The number of amides is 2. The van der Waals surface area contributed by atoms with Crippen molar-refractivity contribution in [2.75, 3.05) is 25.0 Å². The van der Waals surface area contributed by atoms with Crippen molar-refractivity contribution in [2.45, 2.75) is 19.9 Å². The third kappa shape index (κ3) is 3.15. The summed E-state index contributed by atoms with van der Waals surface area (Å²) < 4.78 is 0. The molecule has 0 bridgehead atoms. The molecule has 0 radical (unpaired) electrons. The first-order valence-corrected chi connectivity index (χ1v) is 6.49. The smallest absolute Gasteiger partial charge is 0.321 e. The maximum Gasteiger partial charge on any atom is 0.321 e. The highest BCUT2D eigenvalue weighted by atomic mass is 35.5. The fraction of sp³-hybridized carbons (Fsp3) is 0.462. The number of urea groups is 1. The van der Waals surface area contributed by atoms with E-state index in [0.29, 0.717) is 11.1 Å². The van der Waals surface area contributed by atoms with Crippen molar-refractivity contribution in [2.24, 2.45) is 0 Å². The fourth-order valence-electron chi connectivity index (χ4n) is 1.99. The molecule has 1 aromatic rings. The minimum atomic E-state index is -0.0664. The van der Waals surface area contributed by atoms with E-state index in [0.717, 1.165) is 30.9 Å². The van der Waals surface area contributed by atoms with Gasteiger partial charge in [-0.2, -0.15) is 0 Å². The maximum absolute atomic E-state index is 12.1. The lowest BCUT2D eigenvalue weighted by molar-refractivity contribution is 0.192. The molecule has 1 fully saturated rings. The molecule has 1 atom stereocenters. The number of nitrogens with one attached hydrogen (secondary N) is 2. The van der Waals surface area contributed by atoms with Gasteiger partial charge in [0.1, 0.15) is 0 Å². The van der Waals surface area contributed by atoms with Crippen LogP contribution in [-0.2, 0) is 0 Å². The molecule has 2 N–H and O–H groups in total. The Morgan fingerprint density at radius 1 is 1.56 bits per heavy atom. The Labute approximate surface area is 112 Å². The molecule has 5 heteroatoms. The van der Waals surface area contributed by atoms with Gasteiger partial charge in [0, 0.05) is 36.4 Å².